The van der Waals surface area contributed by atoms with Crippen LogP contribution in [0.15, 0.2) is 48.5 Å². The topological polar surface area (TPSA) is 53.0 Å². The number of rotatable bonds is 2. The van der Waals surface area contributed by atoms with Crippen LogP contribution in [0.1, 0.15) is 30.4 Å². The van der Waals surface area contributed by atoms with Gasteiger partial charge in [-0.25, -0.2) is 0 Å². The van der Waals surface area contributed by atoms with Crippen molar-refractivity contribution in [2.75, 3.05) is 17.2 Å². The molecule has 2 aromatic carbocycles. The van der Waals surface area contributed by atoms with E-state index in [1.807, 2.05) is 18.2 Å². The molecule has 1 heterocycles. The van der Waals surface area contributed by atoms with Crippen molar-refractivity contribution in [3.8, 4) is 6.07 Å². The summed E-state index contributed by atoms with van der Waals surface area (Å²) < 4.78 is 0. The zero-order valence-corrected chi connectivity index (χ0v) is 12.2. The summed E-state index contributed by atoms with van der Waals surface area (Å²) in [5, 5.41) is 9.13. The fraction of sp³-hybridized carbons (Fsp3) is 0.278. The molecule has 21 heavy (non-hydrogen) atoms. The molecule has 2 aromatic rings. The van der Waals surface area contributed by atoms with Crippen molar-refractivity contribution in [2.45, 2.75) is 25.3 Å². The third kappa shape index (κ3) is 2.45. The van der Waals surface area contributed by atoms with Crippen LogP contribution in [0.4, 0.5) is 11.4 Å². The average Bonchev–Trinajstić information content (AvgIpc) is 2.90. The second-order valence-electron chi connectivity index (χ2n) is 5.62. The number of nitriles is 1. The van der Waals surface area contributed by atoms with Crippen LogP contribution in [-0.4, -0.2) is 12.6 Å². The van der Waals surface area contributed by atoms with Crippen molar-refractivity contribution in [1.29, 1.82) is 5.26 Å². The first kappa shape index (κ1) is 13.5. The Morgan fingerprint density at radius 1 is 1.19 bits per heavy atom. The Hall–Kier alpha value is -2.47. The van der Waals surface area contributed by atoms with Gasteiger partial charge in [-0.1, -0.05) is 30.3 Å². The summed E-state index contributed by atoms with van der Waals surface area (Å²) >= 11 is 0. The molecule has 106 valence electrons. The number of hydrogen-bond donors (Lipinski definition) is 1. The normalized spacial score (nSPS) is 21.2. The largest absolute Gasteiger partial charge is 0.398 e. The van der Waals surface area contributed by atoms with Gasteiger partial charge in [-0.05, 0) is 37.1 Å². The molecule has 1 aliphatic rings. The molecule has 0 amide bonds. The van der Waals surface area contributed by atoms with E-state index in [4.69, 9.17) is 11.0 Å². The lowest BCUT2D eigenvalue weighted by Crippen LogP contribution is -2.29. The fourth-order valence-corrected chi connectivity index (χ4v) is 3.27. The van der Waals surface area contributed by atoms with E-state index in [-0.39, 0.29) is 0 Å². The molecule has 0 aliphatic carbocycles. The quantitative estimate of drug-likeness (QED) is 0.854. The number of benzene rings is 2. The van der Waals surface area contributed by atoms with Crippen molar-refractivity contribution in [1.82, 2.24) is 0 Å². The first-order chi connectivity index (χ1) is 10.2. The molecule has 0 bridgehead atoms. The lowest BCUT2D eigenvalue weighted by Gasteiger charge is -2.27. The molecule has 0 saturated carbocycles. The minimum absolute atomic E-state index is 0.419. The minimum atomic E-state index is 0.419. The van der Waals surface area contributed by atoms with Crippen LogP contribution in [0.5, 0.6) is 0 Å². The predicted molar refractivity (Wildman–Crippen MR) is 86.2 cm³/mol. The van der Waals surface area contributed by atoms with Crippen LogP contribution < -0.4 is 10.6 Å². The number of hydrogen-bond acceptors (Lipinski definition) is 3. The van der Waals surface area contributed by atoms with Gasteiger partial charge < -0.3 is 10.6 Å². The first-order valence-corrected chi connectivity index (χ1v) is 7.32. The maximum atomic E-state index is 9.13. The summed E-state index contributed by atoms with van der Waals surface area (Å²) in [5.41, 5.74) is 9.40. The van der Waals surface area contributed by atoms with Gasteiger partial charge in [0.25, 0.3) is 0 Å². The monoisotopic (exact) mass is 277 g/mol. The van der Waals surface area contributed by atoms with Crippen LogP contribution >= 0.6 is 0 Å². The van der Waals surface area contributed by atoms with E-state index >= 15 is 0 Å². The van der Waals surface area contributed by atoms with Crippen LogP contribution in [0.25, 0.3) is 0 Å². The third-order valence-corrected chi connectivity index (χ3v) is 4.47. The van der Waals surface area contributed by atoms with E-state index in [9.17, 15) is 0 Å². The molecule has 1 aliphatic heterocycles. The molecule has 3 rings (SSSR count). The summed E-state index contributed by atoms with van der Waals surface area (Å²) in [5.74, 6) is 0.536. The van der Waals surface area contributed by atoms with Gasteiger partial charge >= 0.3 is 0 Å². The second-order valence-corrected chi connectivity index (χ2v) is 5.62. The second kappa shape index (κ2) is 5.49. The molecule has 3 nitrogen and oxygen atoms in total. The summed E-state index contributed by atoms with van der Waals surface area (Å²) in [7, 11) is 0. The van der Waals surface area contributed by atoms with E-state index in [1.54, 1.807) is 0 Å². The minimum Gasteiger partial charge on any atom is -0.398 e. The van der Waals surface area contributed by atoms with Crippen LogP contribution in [0.3, 0.4) is 0 Å². The molecule has 1 saturated heterocycles. The highest BCUT2D eigenvalue weighted by Crippen LogP contribution is 2.36. The van der Waals surface area contributed by atoms with Gasteiger partial charge in [0.1, 0.15) is 6.07 Å². The first-order valence-electron chi connectivity index (χ1n) is 7.32. The summed E-state index contributed by atoms with van der Waals surface area (Å²) in [6.07, 6.45) is 1.14. The standard InChI is InChI=1S/C18H19N3/c1-13-17(14-5-3-2-4-6-14)9-10-21(13)16-7-8-18(20)15(11-16)12-19/h2-8,11,13,17H,9-10,20H2,1H3/t13-,17-/m0/s1. The number of nitrogens with zero attached hydrogens (tertiary/aromatic N) is 2. The molecule has 0 radical (unpaired) electrons. The van der Waals surface area contributed by atoms with E-state index in [1.165, 1.54) is 5.56 Å². The number of nitrogen functional groups attached to an aromatic ring is 1. The van der Waals surface area contributed by atoms with Crippen molar-refractivity contribution < 1.29 is 0 Å². The Bertz CT molecular complexity index is 673. The SMILES string of the molecule is C[C@H]1[C@@H](c2ccccc2)CCN1c1ccc(N)c(C#N)c1. The van der Waals surface area contributed by atoms with Crippen molar-refractivity contribution >= 4 is 11.4 Å². The van der Waals surface area contributed by atoms with Gasteiger partial charge in [-0.15, -0.1) is 0 Å². The maximum Gasteiger partial charge on any atom is 0.101 e. The predicted octanol–water partition coefficient (Wildman–Crippen LogP) is 3.52. The Morgan fingerprint density at radius 3 is 2.67 bits per heavy atom. The van der Waals surface area contributed by atoms with Gasteiger partial charge in [0.05, 0.1) is 5.56 Å². The average molecular weight is 277 g/mol. The summed E-state index contributed by atoms with van der Waals surface area (Å²) in [4.78, 5) is 2.37. The number of anilines is 2. The Kier molecular flexibility index (Phi) is 3.53. The zero-order chi connectivity index (χ0) is 14.8. The maximum absolute atomic E-state index is 9.13. The molecule has 2 N–H and O–H groups in total. The van der Waals surface area contributed by atoms with Gasteiger partial charge in [0, 0.05) is 29.9 Å². The third-order valence-electron chi connectivity index (χ3n) is 4.47. The molecular formula is C18H19N3. The van der Waals surface area contributed by atoms with Gasteiger partial charge in [0.15, 0.2) is 0 Å². The smallest absolute Gasteiger partial charge is 0.101 e. The molecule has 0 unspecified atom stereocenters. The van der Waals surface area contributed by atoms with Gasteiger partial charge in [0.2, 0.25) is 0 Å². The zero-order valence-electron chi connectivity index (χ0n) is 12.2. The molecule has 1 fully saturated rings. The fourth-order valence-electron chi connectivity index (χ4n) is 3.27. The highest BCUT2D eigenvalue weighted by Gasteiger charge is 2.31. The van der Waals surface area contributed by atoms with Gasteiger partial charge in [-0.3, -0.25) is 0 Å². The van der Waals surface area contributed by atoms with E-state index in [0.29, 0.717) is 23.2 Å². The van der Waals surface area contributed by atoms with E-state index < -0.39 is 0 Å². The van der Waals surface area contributed by atoms with E-state index in [0.717, 1.165) is 18.7 Å². The highest BCUT2D eigenvalue weighted by atomic mass is 15.2. The van der Waals surface area contributed by atoms with Gasteiger partial charge in [-0.2, -0.15) is 5.26 Å². The molecule has 0 spiro atoms. The Labute approximate surface area is 125 Å². The molecule has 0 aromatic heterocycles. The van der Waals surface area contributed by atoms with Crippen LogP contribution in [0, 0.1) is 11.3 Å². The molecular weight excluding hydrogens is 258 g/mol. The van der Waals surface area contributed by atoms with Crippen LogP contribution in [-0.2, 0) is 0 Å². The molecule has 3 heteroatoms. The molecule has 2 atom stereocenters. The van der Waals surface area contributed by atoms with Crippen LogP contribution in [0.2, 0.25) is 0 Å². The lowest BCUT2D eigenvalue weighted by atomic mass is 9.93. The number of nitrogens with two attached hydrogens (primary N) is 1. The summed E-state index contributed by atoms with van der Waals surface area (Å²) in [6.45, 7) is 3.27. The van der Waals surface area contributed by atoms with E-state index in [2.05, 4.69) is 48.2 Å². The Balaban J connectivity index is 1.87. The van der Waals surface area contributed by atoms with Crippen molar-refractivity contribution in [2.24, 2.45) is 0 Å². The summed E-state index contributed by atoms with van der Waals surface area (Å²) in [6, 6.07) is 19.0. The lowest BCUT2D eigenvalue weighted by molar-refractivity contribution is 0.635. The highest BCUT2D eigenvalue weighted by molar-refractivity contribution is 5.63. The van der Waals surface area contributed by atoms with Crippen molar-refractivity contribution in [3.63, 3.8) is 0 Å². The Morgan fingerprint density at radius 2 is 1.95 bits per heavy atom. The van der Waals surface area contributed by atoms with Crippen molar-refractivity contribution in [3.05, 3.63) is 59.7 Å².